The number of rotatable bonds is 5. The predicted molar refractivity (Wildman–Crippen MR) is 97.9 cm³/mol. The van der Waals surface area contributed by atoms with Crippen molar-refractivity contribution in [1.82, 2.24) is 14.8 Å². The van der Waals surface area contributed by atoms with E-state index in [1.165, 1.54) is 0 Å². The van der Waals surface area contributed by atoms with Crippen molar-refractivity contribution in [2.75, 3.05) is 12.4 Å². The Balaban J connectivity index is 1.95. The van der Waals surface area contributed by atoms with E-state index < -0.39 is 0 Å². The third-order valence-electron chi connectivity index (χ3n) is 3.98. The number of halogens is 1. The maximum atomic E-state index is 6.20. The van der Waals surface area contributed by atoms with Crippen LogP contribution in [0.4, 0.5) is 5.69 Å². The van der Waals surface area contributed by atoms with E-state index in [4.69, 9.17) is 16.3 Å². The van der Waals surface area contributed by atoms with Gasteiger partial charge >= 0.3 is 0 Å². The molecule has 0 saturated heterocycles. The van der Waals surface area contributed by atoms with E-state index in [-0.39, 0.29) is 0 Å². The molecule has 0 radical (unpaired) electrons. The number of hydrogen-bond acceptors (Lipinski definition) is 4. The molecule has 3 aromatic rings. The largest absolute Gasteiger partial charge is 0.497 e. The Hall–Kier alpha value is -2.27. The van der Waals surface area contributed by atoms with Gasteiger partial charge in [-0.1, -0.05) is 37.6 Å². The molecule has 2 heterocycles. The van der Waals surface area contributed by atoms with E-state index in [9.17, 15) is 0 Å². The first kappa shape index (κ1) is 16.6. The van der Waals surface area contributed by atoms with Gasteiger partial charge in [-0.2, -0.15) is 5.10 Å². The predicted octanol–water partition coefficient (Wildman–Crippen LogP) is 4.37. The van der Waals surface area contributed by atoms with Gasteiger partial charge in [0.15, 0.2) is 5.65 Å². The number of pyridine rings is 1. The zero-order valence-electron chi connectivity index (χ0n) is 14.3. The molecule has 0 atom stereocenters. The zero-order chi connectivity index (χ0) is 17.3. The van der Waals surface area contributed by atoms with Crippen molar-refractivity contribution in [2.24, 2.45) is 7.05 Å². The molecule has 0 fully saturated rings. The SMILES string of the molecule is COc1ccc(CNc2cc(Cl)nc3c2c(C(C)C)nn3C)cc1. The molecule has 0 spiro atoms. The summed E-state index contributed by atoms with van der Waals surface area (Å²) in [6.07, 6.45) is 0. The van der Waals surface area contributed by atoms with Gasteiger partial charge in [0, 0.05) is 13.6 Å². The Labute approximate surface area is 146 Å². The molecule has 24 heavy (non-hydrogen) atoms. The summed E-state index contributed by atoms with van der Waals surface area (Å²) in [5.41, 5.74) is 3.93. The monoisotopic (exact) mass is 344 g/mol. The van der Waals surface area contributed by atoms with E-state index in [1.807, 2.05) is 37.4 Å². The summed E-state index contributed by atoms with van der Waals surface area (Å²) in [5.74, 6) is 1.15. The third-order valence-corrected chi connectivity index (χ3v) is 4.17. The van der Waals surface area contributed by atoms with Crippen LogP contribution < -0.4 is 10.1 Å². The number of aromatic nitrogens is 3. The Morgan fingerprint density at radius 3 is 2.58 bits per heavy atom. The Kier molecular flexibility index (Phi) is 4.62. The van der Waals surface area contributed by atoms with Crippen LogP contribution in [0.1, 0.15) is 31.0 Å². The van der Waals surface area contributed by atoms with Gasteiger partial charge in [0.2, 0.25) is 0 Å². The fourth-order valence-electron chi connectivity index (χ4n) is 2.73. The summed E-state index contributed by atoms with van der Waals surface area (Å²) in [5, 5.41) is 9.57. The number of ether oxygens (including phenoxy) is 1. The molecule has 0 saturated carbocycles. The minimum absolute atomic E-state index is 0.304. The zero-order valence-corrected chi connectivity index (χ0v) is 15.1. The lowest BCUT2D eigenvalue weighted by Gasteiger charge is -2.11. The van der Waals surface area contributed by atoms with Gasteiger partial charge in [0.25, 0.3) is 0 Å². The van der Waals surface area contributed by atoms with Crippen molar-refractivity contribution < 1.29 is 4.74 Å². The molecular formula is C18H21ClN4O. The first-order chi connectivity index (χ1) is 11.5. The smallest absolute Gasteiger partial charge is 0.161 e. The highest BCUT2D eigenvalue weighted by molar-refractivity contribution is 6.30. The highest BCUT2D eigenvalue weighted by atomic mass is 35.5. The molecule has 126 valence electrons. The van der Waals surface area contributed by atoms with Gasteiger partial charge in [-0.05, 0) is 29.7 Å². The highest BCUT2D eigenvalue weighted by Crippen LogP contribution is 2.32. The van der Waals surface area contributed by atoms with E-state index in [0.29, 0.717) is 17.6 Å². The number of aryl methyl sites for hydroxylation is 1. The van der Waals surface area contributed by atoms with Crippen LogP contribution in [0.2, 0.25) is 5.15 Å². The normalized spacial score (nSPS) is 11.2. The number of benzene rings is 1. The fraction of sp³-hybridized carbons (Fsp3) is 0.333. The molecule has 1 N–H and O–H groups in total. The Morgan fingerprint density at radius 2 is 1.96 bits per heavy atom. The van der Waals surface area contributed by atoms with Crippen molar-refractivity contribution in [2.45, 2.75) is 26.3 Å². The molecule has 5 nitrogen and oxygen atoms in total. The summed E-state index contributed by atoms with van der Waals surface area (Å²) < 4.78 is 6.98. The summed E-state index contributed by atoms with van der Waals surface area (Å²) in [6, 6.07) is 9.85. The van der Waals surface area contributed by atoms with Gasteiger partial charge in [-0.25, -0.2) is 4.98 Å². The van der Waals surface area contributed by atoms with E-state index in [0.717, 1.165) is 33.7 Å². The summed E-state index contributed by atoms with van der Waals surface area (Å²) >= 11 is 6.20. The molecule has 2 aromatic heterocycles. The lowest BCUT2D eigenvalue weighted by atomic mass is 10.1. The van der Waals surface area contributed by atoms with Crippen LogP contribution in [0.5, 0.6) is 5.75 Å². The molecule has 0 aliphatic rings. The van der Waals surface area contributed by atoms with Crippen LogP contribution in [0.3, 0.4) is 0 Å². The van der Waals surface area contributed by atoms with Crippen molar-refractivity contribution in [3.05, 3.63) is 46.7 Å². The molecule has 1 aromatic carbocycles. The first-order valence-corrected chi connectivity index (χ1v) is 8.27. The van der Waals surface area contributed by atoms with Crippen molar-refractivity contribution in [3.63, 3.8) is 0 Å². The average molecular weight is 345 g/mol. The van der Waals surface area contributed by atoms with Gasteiger partial charge in [-0.3, -0.25) is 4.68 Å². The highest BCUT2D eigenvalue weighted by Gasteiger charge is 2.17. The van der Waals surface area contributed by atoms with Crippen LogP contribution in [0.15, 0.2) is 30.3 Å². The molecule has 0 aliphatic carbocycles. The summed E-state index contributed by atoms with van der Waals surface area (Å²) in [7, 11) is 3.56. The number of hydrogen-bond donors (Lipinski definition) is 1. The Bertz CT molecular complexity index is 856. The van der Waals surface area contributed by atoms with E-state index in [1.54, 1.807) is 11.8 Å². The van der Waals surface area contributed by atoms with Crippen molar-refractivity contribution in [1.29, 1.82) is 0 Å². The topological polar surface area (TPSA) is 52.0 Å². The van der Waals surface area contributed by atoms with Gasteiger partial charge < -0.3 is 10.1 Å². The average Bonchev–Trinajstić information content (AvgIpc) is 2.90. The van der Waals surface area contributed by atoms with Gasteiger partial charge in [0.05, 0.1) is 23.9 Å². The summed E-state index contributed by atoms with van der Waals surface area (Å²) in [4.78, 5) is 4.43. The van der Waals surface area contributed by atoms with E-state index in [2.05, 4.69) is 29.2 Å². The molecule has 3 rings (SSSR count). The second-order valence-electron chi connectivity index (χ2n) is 6.06. The molecule has 6 heteroatoms. The number of methoxy groups -OCH3 is 1. The number of nitrogens with one attached hydrogen (secondary N) is 1. The molecule has 0 amide bonds. The maximum absolute atomic E-state index is 6.20. The molecule has 0 unspecified atom stereocenters. The van der Waals surface area contributed by atoms with Crippen LogP contribution in [0, 0.1) is 0 Å². The minimum Gasteiger partial charge on any atom is -0.497 e. The number of anilines is 1. The molecule has 0 bridgehead atoms. The van der Waals surface area contributed by atoms with Crippen molar-refractivity contribution in [3.8, 4) is 5.75 Å². The molecular weight excluding hydrogens is 324 g/mol. The first-order valence-electron chi connectivity index (χ1n) is 7.89. The van der Waals surface area contributed by atoms with Crippen LogP contribution in [-0.4, -0.2) is 21.9 Å². The standard InChI is InChI=1S/C18H21ClN4O/c1-11(2)17-16-14(9-15(19)21-18(16)23(3)22-17)20-10-12-5-7-13(24-4)8-6-12/h5-9,11H,10H2,1-4H3,(H,20,21). The fourth-order valence-corrected chi connectivity index (χ4v) is 2.92. The maximum Gasteiger partial charge on any atom is 0.161 e. The van der Waals surface area contributed by atoms with Crippen LogP contribution in [-0.2, 0) is 13.6 Å². The lowest BCUT2D eigenvalue weighted by molar-refractivity contribution is 0.414. The van der Waals surface area contributed by atoms with E-state index >= 15 is 0 Å². The molecule has 0 aliphatic heterocycles. The second kappa shape index (κ2) is 6.69. The number of nitrogens with zero attached hydrogens (tertiary/aromatic N) is 3. The van der Waals surface area contributed by atoms with Gasteiger partial charge in [0.1, 0.15) is 10.9 Å². The number of fused-ring (bicyclic) bond motifs is 1. The van der Waals surface area contributed by atoms with Gasteiger partial charge in [-0.15, -0.1) is 0 Å². The quantitative estimate of drug-likeness (QED) is 0.698. The third kappa shape index (κ3) is 3.17. The minimum atomic E-state index is 0.304. The lowest BCUT2D eigenvalue weighted by Crippen LogP contribution is -2.02. The second-order valence-corrected chi connectivity index (χ2v) is 6.44. The van der Waals surface area contributed by atoms with Crippen LogP contribution in [0.25, 0.3) is 11.0 Å². The summed E-state index contributed by atoms with van der Waals surface area (Å²) in [6.45, 7) is 4.94. The Morgan fingerprint density at radius 1 is 1.25 bits per heavy atom. The van der Waals surface area contributed by atoms with Crippen LogP contribution >= 0.6 is 11.6 Å². The van der Waals surface area contributed by atoms with Crippen molar-refractivity contribution >= 4 is 28.3 Å².